The molecule has 0 aromatic carbocycles. The molecule has 7 heteroatoms. The molecule has 2 aromatic rings. The third kappa shape index (κ3) is 3.13. The molecular weight excluding hydrogens is 332 g/mol. The predicted molar refractivity (Wildman–Crippen MR) is 98.6 cm³/mol. The highest BCUT2D eigenvalue weighted by Gasteiger charge is 2.28. The number of ketones is 1. The fraction of sp³-hybridized carbons (Fsp3) is 0.526. The summed E-state index contributed by atoms with van der Waals surface area (Å²) in [5, 5.41) is 13.5. The van der Waals surface area contributed by atoms with Gasteiger partial charge in [0, 0.05) is 48.7 Å². The van der Waals surface area contributed by atoms with Gasteiger partial charge in [0.25, 0.3) is 0 Å². The van der Waals surface area contributed by atoms with Gasteiger partial charge in [0.05, 0.1) is 5.39 Å². The maximum absolute atomic E-state index is 12.9. The monoisotopic (exact) mass is 356 g/mol. The molecule has 26 heavy (non-hydrogen) atoms. The summed E-state index contributed by atoms with van der Waals surface area (Å²) in [6.45, 7) is 1.03. The first-order valence-corrected chi connectivity index (χ1v) is 9.38. The zero-order chi connectivity index (χ0) is 18.1. The molecule has 1 atom stereocenters. The molecule has 4 rings (SSSR count). The number of likely N-dealkylation sites (tertiary alicyclic amines) is 1. The quantitative estimate of drug-likeness (QED) is 0.729. The molecule has 2 aromatic heterocycles. The van der Waals surface area contributed by atoms with E-state index >= 15 is 0 Å². The van der Waals surface area contributed by atoms with E-state index in [1.165, 1.54) is 4.90 Å². The Balaban J connectivity index is 1.61. The fourth-order valence-corrected chi connectivity index (χ4v) is 4.27. The molecule has 3 N–H and O–H groups in total. The van der Waals surface area contributed by atoms with Gasteiger partial charge in [-0.25, -0.2) is 9.78 Å². The molecular formula is C19H24N4O3. The first kappa shape index (κ1) is 16.9. The molecule has 0 unspecified atom stereocenters. The van der Waals surface area contributed by atoms with Crippen molar-refractivity contribution in [3.63, 3.8) is 0 Å². The topological polar surface area (TPSA) is 98.3 Å². The lowest BCUT2D eigenvalue weighted by Crippen LogP contribution is -2.44. The summed E-state index contributed by atoms with van der Waals surface area (Å²) in [5.74, 6) is 0.305. The molecule has 1 aliphatic heterocycles. The molecule has 7 nitrogen and oxygen atoms in total. The van der Waals surface area contributed by atoms with Gasteiger partial charge in [-0.15, -0.1) is 0 Å². The van der Waals surface area contributed by atoms with E-state index in [-0.39, 0.29) is 17.7 Å². The lowest BCUT2D eigenvalue weighted by molar-refractivity contribution is 0.0924. The molecule has 138 valence electrons. The molecule has 0 radical (unpaired) electrons. The fourth-order valence-electron chi connectivity index (χ4n) is 4.27. The molecule has 1 amide bonds. The molecule has 0 bridgehead atoms. The Morgan fingerprint density at radius 2 is 2.04 bits per heavy atom. The summed E-state index contributed by atoms with van der Waals surface area (Å²) < 4.78 is 0. The van der Waals surface area contributed by atoms with Crippen LogP contribution in [0.3, 0.4) is 0 Å². The second-order valence-electron chi connectivity index (χ2n) is 7.34. The van der Waals surface area contributed by atoms with Crippen molar-refractivity contribution < 1.29 is 14.7 Å². The van der Waals surface area contributed by atoms with Crippen molar-refractivity contribution in [2.45, 2.75) is 44.6 Å². The first-order valence-electron chi connectivity index (χ1n) is 9.38. The summed E-state index contributed by atoms with van der Waals surface area (Å²) >= 11 is 0. The van der Waals surface area contributed by atoms with Crippen LogP contribution >= 0.6 is 0 Å². The van der Waals surface area contributed by atoms with Crippen molar-refractivity contribution in [2.24, 2.45) is 5.92 Å². The first-order chi connectivity index (χ1) is 12.6. The number of H-pyrrole nitrogens is 1. The Bertz CT molecular complexity index is 825. The van der Waals surface area contributed by atoms with E-state index in [9.17, 15) is 14.7 Å². The maximum Gasteiger partial charge on any atom is 0.407 e. The van der Waals surface area contributed by atoms with Crippen molar-refractivity contribution in [1.82, 2.24) is 14.9 Å². The lowest BCUT2D eigenvalue weighted by Gasteiger charge is -2.32. The summed E-state index contributed by atoms with van der Waals surface area (Å²) in [4.78, 5) is 33.1. The van der Waals surface area contributed by atoms with E-state index in [4.69, 9.17) is 0 Å². The number of fused-ring (bicyclic) bond motifs is 1. The Kier molecular flexibility index (Phi) is 4.53. The Morgan fingerprint density at radius 1 is 1.23 bits per heavy atom. The van der Waals surface area contributed by atoms with Crippen LogP contribution in [0.2, 0.25) is 0 Å². The number of amides is 1. The number of carboxylic acid groups (broad SMARTS) is 1. The van der Waals surface area contributed by atoms with Gasteiger partial charge in [-0.3, -0.25) is 4.79 Å². The third-order valence-corrected chi connectivity index (χ3v) is 5.62. The van der Waals surface area contributed by atoms with E-state index in [1.807, 2.05) is 6.07 Å². The Hall–Kier alpha value is -2.57. The average molecular weight is 356 g/mol. The van der Waals surface area contributed by atoms with E-state index in [0.717, 1.165) is 49.6 Å². The number of aromatic amines is 1. The minimum absolute atomic E-state index is 0.0368. The van der Waals surface area contributed by atoms with E-state index in [0.29, 0.717) is 24.3 Å². The average Bonchev–Trinajstić information content (AvgIpc) is 3.32. The molecule has 1 saturated carbocycles. The Morgan fingerprint density at radius 3 is 2.81 bits per heavy atom. The van der Waals surface area contributed by atoms with Crippen LogP contribution in [0, 0.1) is 5.92 Å². The number of hydrogen-bond acceptors (Lipinski definition) is 4. The number of rotatable bonds is 4. The number of carbonyl (C=O) groups is 2. The summed E-state index contributed by atoms with van der Waals surface area (Å²) in [6.07, 6.45) is 8.51. The zero-order valence-electron chi connectivity index (χ0n) is 14.7. The van der Waals surface area contributed by atoms with Crippen molar-refractivity contribution in [1.29, 1.82) is 0 Å². The van der Waals surface area contributed by atoms with Gasteiger partial charge >= 0.3 is 6.09 Å². The van der Waals surface area contributed by atoms with Crippen LogP contribution < -0.4 is 5.32 Å². The van der Waals surface area contributed by atoms with Crippen molar-refractivity contribution in [3.05, 3.63) is 24.0 Å². The van der Waals surface area contributed by atoms with Gasteiger partial charge < -0.3 is 20.3 Å². The SMILES string of the molecule is O=C(c1c[nH]c2nccc(N[C@@H]3CCCN(C(=O)O)C3)c12)C1CCCC1. The van der Waals surface area contributed by atoms with Gasteiger partial charge in [0.2, 0.25) is 0 Å². The van der Waals surface area contributed by atoms with Crippen LogP contribution in [0.1, 0.15) is 48.9 Å². The van der Waals surface area contributed by atoms with Gasteiger partial charge in [-0.1, -0.05) is 12.8 Å². The van der Waals surface area contributed by atoms with Crippen LogP contribution in [-0.4, -0.2) is 51.0 Å². The zero-order valence-corrected chi connectivity index (χ0v) is 14.7. The highest BCUT2D eigenvalue weighted by Crippen LogP contribution is 2.33. The second kappa shape index (κ2) is 6.97. The van der Waals surface area contributed by atoms with Crippen molar-refractivity contribution in [2.75, 3.05) is 18.4 Å². The number of Topliss-reactive ketones (excluding diaryl/α,β-unsaturated/α-hetero) is 1. The van der Waals surface area contributed by atoms with Crippen LogP contribution in [0.15, 0.2) is 18.5 Å². The molecule has 1 aliphatic carbocycles. The molecule has 0 spiro atoms. The molecule has 2 fully saturated rings. The highest BCUT2D eigenvalue weighted by atomic mass is 16.4. The number of aromatic nitrogens is 2. The summed E-state index contributed by atoms with van der Waals surface area (Å²) in [5.41, 5.74) is 2.26. The number of anilines is 1. The smallest absolute Gasteiger partial charge is 0.407 e. The van der Waals surface area contributed by atoms with Crippen LogP contribution in [0.4, 0.5) is 10.5 Å². The number of piperidine rings is 1. The number of pyridine rings is 1. The predicted octanol–water partition coefficient (Wildman–Crippen LogP) is 3.49. The molecule has 1 saturated heterocycles. The number of carbonyl (C=O) groups excluding carboxylic acids is 1. The molecule has 2 aliphatic rings. The molecule has 3 heterocycles. The van der Waals surface area contributed by atoms with Crippen molar-refractivity contribution >= 4 is 28.6 Å². The van der Waals surface area contributed by atoms with Gasteiger partial charge in [-0.05, 0) is 31.7 Å². The minimum atomic E-state index is -0.880. The largest absolute Gasteiger partial charge is 0.465 e. The van der Waals surface area contributed by atoms with Crippen LogP contribution in [-0.2, 0) is 0 Å². The number of nitrogens with zero attached hydrogens (tertiary/aromatic N) is 2. The summed E-state index contributed by atoms with van der Waals surface area (Å²) in [6, 6.07) is 1.91. The summed E-state index contributed by atoms with van der Waals surface area (Å²) in [7, 11) is 0. The van der Waals surface area contributed by atoms with Gasteiger partial charge in [0.15, 0.2) is 5.78 Å². The van der Waals surface area contributed by atoms with Crippen LogP contribution in [0.25, 0.3) is 11.0 Å². The van der Waals surface area contributed by atoms with E-state index in [2.05, 4.69) is 15.3 Å². The minimum Gasteiger partial charge on any atom is -0.465 e. The van der Waals surface area contributed by atoms with E-state index < -0.39 is 6.09 Å². The maximum atomic E-state index is 12.9. The van der Waals surface area contributed by atoms with Gasteiger partial charge in [0.1, 0.15) is 5.65 Å². The third-order valence-electron chi connectivity index (χ3n) is 5.62. The highest BCUT2D eigenvalue weighted by molar-refractivity contribution is 6.12. The van der Waals surface area contributed by atoms with E-state index in [1.54, 1.807) is 12.4 Å². The normalized spacial score (nSPS) is 21.2. The lowest BCUT2D eigenvalue weighted by atomic mass is 9.95. The van der Waals surface area contributed by atoms with Crippen molar-refractivity contribution in [3.8, 4) is 0 Å². The standard InChI is InChI=1S/C19H24N4O3/c24-17(12-4-1-2-5-12)14-10-21-18-16(14)15(7-8-20-18)22-13-6-3-9-23(11-13)19(25)26/h7-8,10,12-13H,1-6,9,11H2,(H,25,26)(H2,20,21,22)/t13-/m1/s1. The number of nitrogens with one attached hydrogen (secondary N) is 2. The van der Waals surface area contributed by atoms with Gasteiger partial charge in [-0.2, -0.15) is 0 Å². The van der Waals surface area contributed by atoms with Crippen LogP contribution in [0.5, 0.6) is 0 Å². The second-order valence-corrected chi connectivity index (χ2v) is 7.34. The Labute approximate surface area is 151 Å². The number of hydrogen-bond donors (Lipinski definition) is 3.